The van der Waals surface area contributed by atoms with Crippen LogP contribution in [0.25, 0.3) is 22.3 Å². The minimum atomic E-state index is -2.51. The van der Waals surface area contributed by atoms with Crippen LogP contribution in [0.1, 0.15) is 0 Å². The lowest BCUT2D eigenvalue weighted by molar-refractivity contribution is 1.53. The maximum Gasteiger partial charge on any atom is 0.179 e. The zero-order chi connectivity index (χ0) is 29.6. The molecule has 0 radical (unpaired) electrons. The van der Waals surface area contributed by atoms with E-state index in [4.69, 9.17) is 0 Å². The van der Waals surface area contributed by atoms with Crippen LogP contribution in [-0.2, 0) is 0 Å². The minimum absolute atomic E-state index is 1.07. The molecule has 0 fully saturated rings. The van der Waals surface area contributed by atoms with E-state index in [1.165, 1.54) is 43.0 Å². The van der Waals surface area contributed by atoms with E-state index < -0.39 is 8.07 Å². The summed E-state index contributed by atoms with van der Waals surface area (Å²) in [7, 11) is -2.51. The fraction of sp³-hybridized carbons (Fsp3) is 0. The van der Waals surface area contributed by atoms with Gasteiger partial charge in [0.05, 0.1) is 0 Å². The molecule has 0 heterocycles. The van der Waals surface area contributed by atoms with E-state index >= 15 is 0 Å². The topological polar surface area (TPSA) is 12.0 Å². The number of anilines is 2. The Bertz CT molecular complexity index is 1820. The van der Waals surface area contributed by atoms with Crippen LogP contribution in [0.5, 0.6) is 0 Å². The highest BCUT2D eigenvalue weighted by atomic mass is 28.3. The summed E-state index contributed by atoms with van der Waals surface area (Å²) in [6, 6.07) is 70.3. The molecule has 0 amide bonds. The van der Waals surface area contributed by atoms with E-state index in [9.17, 15) is 0 Å². The molecule has 0 aliphatic rings. The van der Waals surface area contributed by atoms with Crippen molar-refractivity contribution in [1.29, 1.82) is 0 Å². The van der Waals surface area contributed by atoms with E-state index in [-0.39, 0.29) is 0 Å². The predicted octanol–water partition coefficient (Wildman–Crippen LogP) is 8.14. The zero-order valence-corrected chi connectivity index (χ0v) is 25.5. The molecule has 2 heteroatoms. The van der Waals surface area contributed by atoms with E-state index in [1.54, 1.807) is 0 Å². The molecule has 7 aromatic carbocycles. The van der Waals surface area contributed by atoms with Crippen LogP contribution in [0.2, 0.25) is 0 Å². The molecular formula is C42H33NSi. The van der Waals surface area contributed by atoms with Gasteiger partial charge in [0.2, 0.25) is 0 Å². The molecule has 0 bridgehead atoms. The molecule has 0 unspecified atom stereocenters. The Morgan fingerprint density at radius 1 is 0.250 bits per heavy atom. The van der Waals surface area contributed by atoms with Crippen LogP contribution in [0.4, 0.5) is 11.4 Å². The van der Waals surface area contributed by atoms with Gasteiger partial charge in [0.15, 0.2) is 8.07 Å². The summed E-state index contributed by atoms with van der Waals surface area (Å²) in [4.78, 5) is 0. The van der Waals surface area contributed by atoms with Crippen LogP contribution >= 0.6 is 0 Å². The molecule has 1 N–H and O–H groups in total. The normalized spacial score (nSPS) is 11.2. The lowest BCUT2D eigenvalue weighted by Gasteiger charge is -2.34. The molecule has 7 rings (SSSR count). The van der Waals surface area contributed by atoms with Crippen molar-refractivity contribution in [3.05, 3.63) is 194 Å². The third-order valence-corrected chi connectivity index (χ3v) is 13.2. The van der Waals surface area contributed by atoms with Crippen molar-refractivity contribution >= 4 is 40.2 Å². The molecule has 0 saturated carbocycles. The number of hydrogen-bond acceptors (Lipinski definition) is 1. The van der Waals surface area contributed by atoms with E-state index in [1.807, 2.05) is 6.07 Å². The highest BCUT2D eigenvalue weighted by molar-refractivity contribution is 7.19. The summed E-state index contributed by atoms with van der Waals surface area (Å²) in [5, 5.41) is 9.09. The Labute approximate surface area is 261 Å². The van der Waals surface area contributed by atoms with E-state index in [2.05, 4.69) is 193 Å². The van der Waals surface area contributed by atoms with Crippen LogP contribution in [0, 0.1) is 0 Å². The molecule has 210 valence electrons. The maximum absolute atomic E-state index is 3.55. The maximum atomic E-state index is 3.55. The summed E-state index contributed by atoms with van der Waals surface area (Å²) in [5.41, 5.74) is 7.00. The average Bonchev–Trinajstić information content (AvgIpc) is 3.11. The van der Waals surface area contributed by atoms with Gasteiger partial charge in [-0.2, -0.15) is 0 Å². The van der Waals surface area contributed by atoms with Gasteiger partial charge in [-0.15, -0.1) is 0 Å². The number of benzene rings is 7. The van der Waals surface area contributed by atoms with Crippen molar-refractivity contribution in [3.8, 4) is 22.3 Å². The smallest absolute Gasteiger partial charge is 0.179 e. The largest absolute Gasteiger partial charge is 0.356 e. The van der Waals surface area contributed by atoms with Crippen molar-refractivity contribution in [3.63, 3.8) is 0 Å². The highest BCUT2D eigenvalue weighted by Gasteiger charge is 2.41. The average molecular weight is 580 g/mol. The van der Waals surface area contributed by atoms with Gasteiger partial charge < -0.3 is 5.32 Å². The first kappa shape index (κ1) is 27.4. The SMILES string of the molecule is c1ccc(-c2ccc(Nc3ccc(-c4ccc([Si](c5ccccc5)(c5ccccc5)c5ccccc5)cc4)cc3)cc2)cc1. The second-order valence-electron chi connectivity index (χ2n) is 11.1. The second kappa shape index (κ2) is 12.4. The van der Waals surface area contributed by atoms with Crippen LogP contribution in [0.15, 0.2) is 194 Å². The molecule has 1 nitrogen and oxygen atoms in total. The van der Waals surface area contributed by atoms with Crippen molar-refractivity contribution in [2.75, 3.05) is 5.32 Å². The van der Waals surface area contributed by atoms with Gasteiger partial charge in [-0.1, -0.05) is 170 Å². The zero-order valence-electron chi connectivity index (χ0n) is 24.5. The highest BCUT2D eigenvalue weighted by Crippen LogP contribution is 2.26. The first-order valence-electron chi connectivity index (χ1n) is 15.1. The molecule has 0 saturated heterocycles. The Morgan fingerprint density at radius 2 is 0.523 bits per heavy atom. The Morgan fingerprint density at radius 3 is 0.886 bits per heavy atom. The predicted molar refractivity (Wildman–Crippen MR) is 191 cm³/mol. The standard InChI is InChI=1S/C42H33NSi/c1-5-13-33(14-6-1)34-21-27-37(28-22-34)43-38-29-23-35(24-30-38)36-25-31-42(32-26-36)44(39-15-7-2-8-16-39,40-17-9-3-10-18-40)41-19-11-4-12-20-41/h1-32,43H. The van der Waals surface area contributed by atoms with Crippen LogP contribution in [0.3, 0.4) is 0 Å². The molecule has 0 aromatic heterocycles. The van der Waals surface area contributed by atoms with Crippen molar-refractivity contribution in [1.82, 2.24) is 0 Å². The first-order chi connectivity index (χ1) is 21.8. The Balaban J connectivity index is 1.19. The summed E-state index contributed by atoms with van der Waals surface area (Å²) >= 11 is 0. The molecular weight excluding hydrogens is 547 g/mol. The first-order valence-corrected chi connectivity index (χ1v) is 17.1. The van der Waals surface area contributed by atoms with Gasteiger partial charge >= 0.3 is 0 Å². The van der Waals surface area contributed by atoms with Gasteiger partial charge in [0, 0.05) is 11.4 Å². The van der Waals surface area contributed by atoms with E-state index in [0.29, 0.717) is 0 Å². The summed E-state index contributed by atoms with van der Waals surface area (Å²) < 4.78 is 0. The lowest BCUT2D eigenvalue weighted by Crippen LogP contribution is -2.74. The molecule has 0 aliphatic heterocycles. The quantitative estimate of drug-likeness (QED) is 0.142. The number of hydrogen-bond donors (Lipinski definition) is 1. The minimum Gasteiger partial charge on any atom is -0.356 e. The fourth-order valence-electron chi connectivity index (χ4n) is 6.27. The van der Waals surface area contributed by atoms with Gasteiger partial charge in [-0.05, 0) is 67.3 Å². The van der Waals surface area contributed by atoms with Crippen molar-refractivity contribution in [2.24, 2.45) is 0 Å². The lowest BCUT2D eigenvalue weighted by atomic mass is 10.0. The van der Waals surface area contributed by atoms with Gasteiger partial charge in [-0.25, -0.2) is 0 Å². The summed E-state index contributed by atoms with van der Waals surface area (Å²) in [6.07, 6.45) is 0. The number of nitrogens with one attached hydrogen (secondary N) is 1. The molecule has 0 spiro atoms. The van der Waals surface area contributed by atoms with Crippen LogP contribution < -0.4 is 26.1 Å². The number of rotatable bonds is 8. The third-order valence-electron chi connectivity index (χ3n) is 8.44. The molecule has 0 aliphatic carbocycles. The van der Waals surface area contributed by atoms with Crippen molar-refractivity contribution in [2.45, 2.75) is 0 Å². The third kappa shape index (κ3) is 5.40. The van der Waals surface area contributed by atoms with Gasteiger partial charge in [0.25, 0.3) is 0 Å². The molecule has 44 heavy (non-hydrogen) atoms. The fourth-order valence-corrected chi connectivity index (χ4v) is 11.0. The Hall–Kier alpha value is -5.44. The van der Waals surface area contributed by atoms with Crippen LogP contribution in [-0.4, -0.2) is 8.07 Å². The van der Waals surface area contributed by atoms with E-state index in [0.717, 1.165) is 11.4 Å². The van der Waals surface area contributed by atoms with Gasteiger partial charge in [-0.3, -0.25) is 0 Å². The Kier molecular flexibility index (Phi) is 7.74. The molecule has 7 aromatic rings. The summed E-state index contributed by atoms with van der Waals surface area (Å²) in [6.45, 7) is 0. The van der Waals surface area contributed by atoms with Crippen molar-refractivity contribution < 1.29 is 0 Å². The summed E-state index contributed by atoms with van der Waals surface area (Å²) in [5.74, 6) is 0. The van der Waals surface area contributed by atoms with Gasteiger partial charge in [0.1, 0.15) is 0 Å². The molecule has 0 atom stereocenters. The second-order valence-corrected chi connectivity index (χ2v) is 14.9. The monoisotopic (exact) mass is 579 g/mol.